The zero-order chi connectivity index (χ0) is 35.9. The fourth-order valence-electron chi connectivity index (χ4n) is 5.44. The number of H-pyrrole nitrogens is 1. The summed E-state index contributed by atoms with van der Waals surface area (Å²) < 4.78 is 40.0. The Hall–Kier alpha value is -4.00. The summed E-state index contributed by atoms with van der Waals surface area (Å²) in [5.74, 6) is -1.61. The van der Waals surface area contributed by atoms with Crippen molar-refractivity contribution >= 4 is 42.8 Å². The third-order valence-corrected chi connectivity index (χ3v) is 10.3. The number of benzene rings is 1. The van der Waals surface area contributed by atoms with Gasteiger partial charge in [0.1, 0.15) is 24.7 Å². The smallest absolute Gasteiger partial charge is 0.380 e. The lowest BCUT2D eigenvalue weighted by atomic mass is 9.99. The number of esters is 2. The summed E-state index contributed by atoms with van der Waals surface area (Å²) in [5, 5.41) is 0. The third-order valence-electron chi connectivity index (χ3n) is 8.38. The van der Waals surface area contributed by atoms with Gasteiger partial charge in [-0.05, 0) is 55.7 Å². The van der Waals surface area contributed by atoms with Crippen LogP contribution in [0, 0.1) is 23.2 Å². The first-order valence-corrected chi connectivity index (χ1v) is 18.4. The van der Waals surface area contributed by atoms with Crippen LogP contribution in [0.25, 0.3) is 17.4 Å². The van der Waals surface area contributed by atoms with Gasteiger partial charge in [0.15, 0.2) is 11.2 Å². The minimum atomic E-state index is -4.04. The average Bonchev–Trinajstić information content (AvgIpc) is 3.56. The molecule has 0 amide bonds. The Balaban J connectivity index is 1.66. The van der Waals surface area contributed by atoms with Crippen molar-refractivity contribution in [2.45, 2.75) is 79.4 Å². The van der Waals surface area contributed by atoms with E-state index in [9.17, 15) is 18.9 Å². The first-order valence-electron chi connectivity index (χ1n) is 16.7. The molecular weight excluding hydrogens is 651 g/mol. The van der Waals surface area contributed by atoms with Gasteiger partial charge in [-0.15, -0.1) is 0 Å². The molecule has 4 rings (SSSR count). The van der Waals surface area contributed by atoms with E-state index in [2.05, 4.69) is 15.0 Å². The number of hydrogen-bond acceptors (Lipinski definition) is 12. The van der Waals surface area contributed by atoms with E-state index in [1.165, 1.54) is 6.33 Å². The standard InChI is InChI=1S/C34H49N6O8P/c1-7-11-23(6)47-31(42)24(14-21(2)3)17-49(44,48-26-12-9-8-10-13-26)46-19-34(18-45-32(43)27(35)22(4)5)15-25(34)16-40-20-37-28-29(40)38-33(36)39-30(28)41/h8-10,12-13,16,20-24,27H,7,11,14-15,17-19,35H2,1-6H3,(H3,36,38,39,41)/b25-16-/t23-,24+,27-,34-,49-/m0/s1. The van der Waals surface area contributed by atoms with Gasteiger partial charge in [0.25, 0.3) is 5.56 Å². The highest BCUT2D eigenvalue weighted by atomic mass is 31.2. The number of rotatable bonds is 18. The summed E-state index contributed by atoms with van der Waals surface area (Å²) in [6.45, 7) is 11.1. The molecule has 1 aliphatic carbocycles. The van der Waals surface area contributed by atoms with Gasteiger partial charge in [0, 0.05) is 6.20 Å². The quantitative estimate of drug-likeness (QED) is 0.117. The van der Waals surface area contributed by atoms with Crippen LogP contribution in [0.4, 0.5) is 5.95 Å². The van der Waals surface area contributed by atoms with Crippen molar-refractivity contribution in [3.63, 3.8) is 0 Å². The van der Waals surface area contributed by atoms with Crippen molar-refractivity contribution in [3.05, 3.63) is 52.6 Å². The molecule has 3 aromatic rings. The predicted molar refractivity (Wildman–Crippen MR) is 187 cm³/mol. The molecule has 2 aromatic heterocycles. The highest BCUT2D eigenvalue weighted by Crippen LogP contribution is 2.58. The summed E-state index contributed by atoms with van der Waals surface area (Å²) in [6.07, 6.45) is 4.96. The molecule has 1 aliphatic rings. The van der Waals surface area contributed by atoms with E-state index in [4.69, 9.17) is 30.0 Å². The number of aromatic nitrogens is 4. The summed E-state index contributed by atoms with van der Waals surface area (Å²) in [7, 11) is -4.04. The van der Waals surface area contributed by atoms with Gasteiger partial charge >= 0.3 is 19.5 Å². The van der Waals surface area contributed by atoms with Crippen molar-refractivity contribution in [2.75, 3.05) is 25.1 Å². The Morgan fingerprint density at radius 3 is 2.49 bits per heavy atom. The van der Waals surface area contributed by atoms with E-state index in [0.717, 1.165) is 12.0 Å². The van der Waals surface area contributed by atoms with Gasteiger partial charge in [-0.1, -0.05) is 59.2 Å². The second-order valence-electron chi connectivity index (χ2n) is 13.6. The number of anilines is 1. The molecule has 1 saturated carbocycles. The number of nitrogen functional groups attached to an aromatic ring is 1. The number of fused-ring (bicyclic) bond motifs is 1. The van der Waals surface area contributed by atoms with E-state index in [-0.39, 0.29) is 54.4 Å². The number of hydrogen-bond donors (Lipinski definition) is 3. The van der Waals surface area contributed by atoms with Gasteiger partial charge in [-0.3, -0.25) is 28.5 Å². The zero-order valence-electron chi connectivity index (χ0n) is 29.1. The molecule has 268 valence electrons. The lowest BCUT2D eigenvalue weighted by Gasteiger charge is -2.27. The molecule has 49 heavy (non-hydrogen) atoms. The highest BCUT2D eigenvalue weighted by molar-refractivity contribution is 7.54. The lowest BCUT2D eigenvalue weighted by molar-refractivity contribution is -0.153. The van der Waals surface area contributed by atoms with Gasteiger partial charge in [-0.2, -0.15) is 4.98 Å². The van der Waals surface area contributed by atoms with Crippen molar-refractivity contribution in [3.8, 4) is 5.75 Å². The number of para-hydroxylation sites is 1. The largest absolute Gasteiger partial charge is 0.463 e. The Labute approximate surface area is 286 Å². The lowest BCUT2D eigenvalue weighted by Crippen LogP contribution is -2.38. The number of carbonyl (C=O) groups excluding carboxylic acids is 2. The van der Waals surface area contributed by atoms with Crippen molar-refractivity contribution in [2.24, 2.45) is 28.9 Å². The van der Waals surface area contributed by atoms with Gasteiger partial charge in [0.05, 0.1) is 30.2 Å². The van der Waals surface area contributed by atoms with E-state index < -0.39 is 42.5 Å². The van der Waals surface area contributed by atoms with E-state index >= 15 is 0 Å². The van der Waals surface area contributed by atoms with Crippen LogP contribution < -0.4 is 21.6 Å². The Morgan fingerprint density at radius 2 is 1.84 bits per heavy atom. The zero-order valence-corrected chi connectivity index (χ0v) is 30.0. The van der Waals surface area contributed by atoms with Crippen LogP contribution in [0.1, 0.15) is 67.2 Å². The monoisotopic (exact) mass is 700 g/mol. The molecule has 0 bridgehead atoms. The number of ether oxygens (including phenoxy) is 2. The van der Waals surface area contributed by atoms with Crippen LogP contribution in [0.15, 0.2) is 47.0 Å². The van der Waals surface area contributed by atoms with Crippen molar-refractivity contribution in [1.82, 2.24) is 19.5 Å². The summed E-state index contributed by atoms with van der Waals surface area (Å²) in [4.78, 5) is 49.4. The van der Waals surface area contributed by atoms with E-state index in [0.29, 0.717) is 25.0 Å². The van der Waals surface area contributed by atoms with Gasteiger partial charge < -0.3 is 25.5 Å². The first-order chi connectivity index (χ1) is 23.1. The molecule has 1 aromatic carbocycles. The molecule has 0 radical (unpaired) electrons. The fraction of sp³-hybridized carbons (Fsp3) is 0.559. The minimum Gasteiger partial charge on any atom is -0.463 e. The van der Waals surface area contributed by atoms with Crippen LogP contribution in [-0.2, 0) is 28.2 Å². The molecule has 2 heterocycles. The normalized spacial score (nSPS) is 19.8. The molecule has 1 fully saturated rings. The van der Waals surface area contributed by atoms with Crippen LogP contribution in [0.5, 0.6) is 5.75 Å². The average molecular weight is 701 g/mol. The molecule has 0 spiro atoms. The SMILES string of the molecule is CCC[C@H](C)OC(=O)[C@H](CC(C)C)C[P@](=O)(OC[C@@]1(COC(=O)[C@@H](N)C(C)C)C/C1=C/n1cnc2c(=O)[nH]c(N)nc21)Oc1ccccc1. The Morgan fingerprint density at radius 1 is 1.12 bits per heavy atom. The number of carbonyl (C=O) groups is 2. The second kappa shape index (κ2) is 16.1. The molecule has 0 unspecified atom stereocenters. The van der Waals surface area contributed by atoms with Crippen molar-refractivity contribution in [1.29, 1.82) is 0 Å². The number of nitrogens with zero attached hydrogens (tertiary/aromatic N) is 3. The topological polar surface area (TPSA) is 204 Å². The summed E-state index contributed by atoms with van der Waals surface area (Å²) in [6, 6.07) is 7.77. The van der Waals surface area contributed by atoms with Gasteiger partial charge in [-0.25, -0.2) is 9.55 Å². The van der Waals surface area contributed by atoms with Crippen LogP contribution in [0.2, 0.25) is 0 Å². The molecule has 5 N–H and O–H groups in total. The number of nitrogens with one attached hydrogen (secondary N) is 1. The highest BCUT2D eigenvalue weighted by Gasteiger charge is 2.53. The maximum absolute atomic E-state index is 14.7. The van der Waals surface area contributed by atoms with Crippen LogP contribution >= 0.6 is 7.60 Å². The molecule has 14 nitrogen and oxygen atoms in total. The maximum atomic E-state index is 14.7. The van der Waals surface area contributed by atoms with Gasteiger partial charge in [0.2, 0.25) is 5.95 Å². The molecular formula is C34H49N6O8P. The van der Waals surface area contributed by atoms with Crippen LogP contribution in [-0.4, -0.2) is 63.0 Å². The Kier molecular flexibility index (Phi) is 12.5. The molecule has 15 heteroatoms. The van der Waals surface area contributed by atoms with Crippen LogP contribution in [0.3, 0.4) is 0 Å². The summed E-state index contributed by atoms with van der Waals surface area (Å²) >= 11 is 0. The molecule has 0 aliphatic heterocycles. The number of nitrogens with two attached hydrogens (primary N) is 2. The second-order valence-corrected chi connectivity index (χ2v) is 15.6. The minimum absolute atomic E-state index is 0.0720. The number of imidazole rings is 1. The molecule has 5 atom stereocenters. The molecule has 0 saturated heterocycles. The third kappa shape index (κ3) is 10.0. The fourth-order valence-corrected chi connectivity index (χ4v) is 7.40. The first kappa shape index (κ1) is 37.8. The number of aromatic amines is 1. The Bertz CT molecular complexity index is 1740. The van der Waals surface area contributed by atoms with Crippen molar-refractivity contribution < 1.29 is 32.7 Å². The maximum Gasteiger partial charge on any atom is 0.380 e. The van der Waals surface area contributed by atoms with E-state index in [1.54, 1.807) is 41.1 Å². The summed E-state index contributed by atoms with van der Waals surface area (Å²) in [5.41, 5.74) is 11.5. The predicted octanol–water partition coefficient (Wildman–Crippen LogP) is 5.14. The van der Waals surface area contributed by atoms with E-state index in [1.807, 2.05) is 41.5 Å².